The highest BCUT2D eigenvalue weighted by Gasteiger charge is 2.25. The van der Waals surface area contributed by atoms with Gasteiger partial charge in [0, 0.05) is 39.1 Å². The average molecular weight is 277 g/mol. The molecule has 0 radical (unpaired) electrons. The van der Waals surface area contributed by atoms with Crippen molar-refractivity contribution < 1.29 is 9.53 Å². The predicted octanol–water partition coefficient (Wildman–Crippen LogP) is 2.01. The largest absolute Gasteiger partial charge is 0.385 e. The number of nitrogens with one attached hydrogen (secondary N) is 1. The molecular weight excluding hydrogens is 254 g/mol. The average Bonchev–Trinajstić information content (AvgIpc) is 2.48. The molecular formula is C15H23N3O2. The van der Waals surface area contributed by atoms with Crippen molar-refractivity contribution in [1.29, 1.82) is 0 Å². The Bertz CT molecular complexity index is 448. The highest BCUT2D eigenvalue weighted by molar-refractivity contribution is 5.99. The number of anilines is 1. The molecule has 1 amide bonds. The maximum absolute atomic E-state index is 12.7. The molecule has 0 spiro atoms. The summed E-state index contributed by atoms with van der Waals surface area (Å²) in [5, 5.41) is 3.22. The Morgan fingerprint density at radius 3 is 3.20 bits per heavy atom. The molecule has 0 aromatic carbocycles. The summed E-state index contributed by atoms with van der Waals surface area (Å²) in [6.07, 6.45) is 5.53. The van der Waals surface area contributed by atoms with E-state index in [9.17, 15) is 4.79 Å². The molecule has 5 nitrogen and oxygen atoms in total. The molecule has 5 heteroatoms. The number of pyridine rings is 1. The molecule has 1 aliphatic rings. The van der Waals surface area contributed by atoms with Gasteiger partial charge in [-0.2, -0.15) is 0 Å². The Hall–Kier alpha value is -1.62. The number of nitrogens with zero attached hydrogens (tertiary/aromatic N) is 2. The second kappa shape index (κ2) is 7.24. The fourth-order valence-corrected chi connectivity index (χ4v) is 2.70. The van der Waals surface area contributed by atoms with E-state index in [0.717, 1.165) is 44.8 Å². The lowest BCUT2D eigenvalue weighted by atomic mass is 9.98. The Kier molecular flexibility index (Phi) is 5.35. The molecule has 2 rings (SSSR count). The summed E-state index contributed by atoms with van der Waals surface area (Å²) in [4.78, 5) is 18.7. The molecule has 1 N–H and O–H groups in total. The van der Waals surface area contributed by atoms with Crippen LogP contribution in [0.25, 0.3) is 0 Å². The van der Waals surface area contributed by atoms with E-state index in [0.29, 0.717) is 11.5 Å². The lowest BCUT2D eigenvalue weighted by Crippen LogP contribution is -2.41. The maximum atomic E-state index is 12.7. The van der Waals surface area contributed by atoms with E-state index in [-0.39, 0.29) is 5.91 Å². The van der Waals surface area contributed by atoms with Gasteiger partial charge >= 0.3 is 0 Å². The molecule has 0 aliphatic carbocycles. The number of piperidine rings is 1. The van der Waals surface area contributed by atoms with Crippen molar-refractivity contribution >= 4 is 11.6 Å². The second-order valence-corrected chi connectivity index (χ2v) is 5.17. The summed E-state index contributed by atoms with van der Waals surface area (Å²) in [6.45, 7) is 5.12. The van der Waals surface area contributed by atoms with Crippen LogP contribution in [-0.4, -0.2) is 49.1 Å². The summed E-state index contributed by atoms with van der Waals surface area (Å²) < 4.78 is 5.21. The Balaban J connectivity index is 2.10. The van der Waals surface area contributed by atoms with Crippen LogP contribution in [0.3, 0.4) is 0 Å². The third-order valence-corrected chi connectivity index (χ3v) is 3.63. The van der Waals surface area contributed by atoms with Crippen LogP contribution in [0.5, 0.6) is 0 Å². The fraction of sp³-hybridized carbons (Fsp3) is 0.600. The van der Waals surface area contributed by atoms with Gasteiger partial charge in [-0.25, -0.2) is 0 Å². The molecule has 1 aromatic rings. The van der Waals surface area contributed by atoms with Crippen molar-refractivity contribution in [3.8, 4) is 0 Å². The van der Waals surface area contributed by atoms with E-state index in [2.05, 4.69) is 10.3 Å². The van der Waals surface area contributed by atoms with Crippen LogP contribution in [0.2, 0.25) is 0 Å². The zero-order valence-electron chi connectivity index (χ0n) is 12.3. The van der Waals surface area contributed by atoms with E-state index in [1.165, 1.54) is 0 Å². The number of hydrogen-bond acceptors (Lipinski definition) is 4. The number of carbonyl (C=O) groups is 1. The van der Waals surface area contributed by atoms with Gasteiger partial charge in [0.2, 0.25) is 0 Å². The second-order valence-electron chi connectivity index (χ2n) is 5.17. The van der Waals surface area contributed by atoms with Gasteiger partial charge in [0.05, 0.1) is 17.9 Å². The summed E-state index contributed by atoms with van der Waals surface area (Å²) in [5.74, 6) is 0.506. The standard InChI is InChI=1S/C15H23N3O2/c1-3-17-14-6-7-16-9-13(14)15(19)18-8-4-5-12(10-18)11-20-2/h6-7,9,12H,3-5,8,10-11H2,1-2H3,(H,16,17). The van der Waals surface area contributed by atoms with Gasteiger partial charge in [0.25, 0.3) is 5.91 Å². The molecule has 0 bridgehead atoms. The van der Waals surface area contributed by atoms with E-state index < -0.39 is 0 Å². The third-order valence-electron chi connectivity index (χ3n) is 3.63. The van der Waals surface area contributed by atoms with E-state index in [4.69, 9.17) is 4.74 Å². The first-order valence-corrected chi connectivity index (χ1v) is 7.22. The summed E-state index contributed by atoms with van der Waals surface area (Å²) in [6, 6.07) is 1.85. The van der Waals surface area contributed by atoms with Gasteiger partial charge in [0.1, 0.15) is 0 Å². The van der Waals surface area contributed by atoms with Crippen molar-refractivity contribution in [2.75, 3.05) is 38.7 Å². The molecule has 1 aromatic heterocycles. The normalized spacial score (nSPS) is 18.9. The molecule has 1 saturated heterocycles. The minimum Gasteiger partial charge on any atom is -0.385 e. The Morgan fingerprint density at radius 2 is 2.45 bits per heavy atom. The number of rotatable bonds is 5. The van der Waals surface area contributed by atoms with E-state index in [1.54, 1.807) is 19.5 Å². The number of ether oxygens (including phenoxy) is 1. The summed E-state index contributed by atoms with van der Waals surface area (Å²) >= 11 is 0. The van der Waals surface area contributed by atoms with Crippen LogP contribution in [0.15, 0.2) is 18.5 Å². The topological polar surface area (TPSA) is 54.5 Å². The first-order valence-electron chi connectivity index (χ1n) is 7.22. The highest BCUT2D eigenvalue weighted by atomic mass is 16.5. The molecule has 2 heterocycles. The predicted molar refractivity (Wildman–Crippen MR) is 78.9 cm³/mol. The number of amides is 1. The molecule has 1 fully saturated rings. The van der Waals surface area contributed by atoms with Gasteiger partial charge < -0.3 is 15.0 Å². The van der Waals surface area contributed by atoms with Crippen molar-refractivity contribution in [1.82, 2.24) is 9.88 Å². The van der Waals surface area contributed by atoms with E-state index in [1.807, 2.05) is 17.9 Å². The van der Waals surface area contributed by atoms with Crippen LogP contribution in [-0.2, 0) is 4.74 Å². The van der Waals surface area contributed by atoms with E-state index >= 15 is 0 Å². The fourth-order valence-electron chi connectivity index (χ4n) is 2.70. The number of carbonyl (C=O) groups excluding carboxylic acids is 1. The smallest absolute Gasteiger partial charge is 0.257 e. The number of hydrogen-bond donors (Lipinski definition) is 1. The van der Waals surface area contributed by atoms with Gasteiger partial charge in [-0.15, -0.1) is 0 Å². The first kappa shape index (κ1) is 14.8. The monoisotopic (exact) mass is 277 g/mol. The number of methoxy groups -OCH3 is 1. The third kappa shape index (κ3) is 3.48. The van der Waals surface area contributed by atoms with Crippen LogP contribution < -0.4 is 5.32 Å². The molecule has 110 valence electrons. The molecule has 0 saturated carbocycles. The minimum absolute atomic E-state index is 0.0647. The van der Waals surface area contributed by atoms with Crippen molar-refractivity contribution in [3.63, 3.8) is 0 Å². The van der Waals surface area contributed by atoms with Gasteiger partial charge in [-0.1, -0.05) is 0 Å². The molecule has 1 unspecified atom stereocenters. The lowest BCUT2D eigenvalue weighted by Gasteiger charge is -2.32. The maximum Gasteiger partial charge on any atom is 0.257 e. The first-order chi connectivity index (χ1) is 9.76. The SMILES string of the molecule is CCNc1ccncc1C(=O)N1CCCC(COC)C1. The summed E-state index contributed by atoms with van der Waals surface area (Å²) in [7, 11) is 1.71. The minimum atomic E-state index is 0.0647. The van der Waals surface area contributed by atoms with Gasteiger partial charge in [-0.05, 0) is 31.7 Å². The Labute approximate surface area is 120 Å². The quantitative estimate of drug-likeness (QED) is 0.894. The molecule has 20 heavy (non-hydrogen) atoms. The molecule has 1 atom stereocenters. The number of aromatic nitrogens is 1. The van der Waals surface area contributed by atoms with Crippen molar-refractivity contribution in [3.05, 3.63) is 24.0 Å². The Morgan fingerprint density at radius 1 is 1.60 bits per heavy atom. The van der Waals surface area contributed by atoms with Crippen molar-refractivity contribution in [2.45, 2.75) is 19.8 Å². The van der Waals surface area contributed by atoms with Crippen LogP contribution in [0.1, 0.15) is 30.1 Å². The molecule has 1 aliphatic heterocycles. The van der Waals surface area contributed by atoms with Gasteiger partial charge in [-0.3, -0.25) is 9.78 Å². The van der Waals surface area contributed by atoms with Crippen LogP contribution in [0.4, 0.5) is 5.69 Å². The highest BCUT2D eigenvalue weighted by Crippen LogP contribution is 2.21. The zero-order chi connectivity index (χ0) is 14.4. The van der Waals surface area contributed by atoms with Crippen molar-refractivity contribution in [2.24, 2.45) is 5.92 Å². The van der Waals surface area contributed by atoms with Gasteiger partial charge in [0.15, 0.2) is 0 Å². The zero-order valence-corrected chi connectivity index (χ0v) is 12.3. The lowest BCUT2D eigenvalue weighted by molar-refractivity contribution is 0.0571. The number of likely N-dealkylation sites (tertiary alicyclic amines) is 1. The summed E-state index contributed by atoms with van der Waals surface area (Å²) in [5.41, 5.74) is 1.52. The van der Waals surface area contributed by atoms with Crippen LogP contribution >= 0.6 is 0 Å². The van der Waals surface area contributed by atoms with Crippen LogP contribution in [0, 0.1) is 5.92 Å².